The second kappa shape index (κ2) is 62.8. The maximum absolute atomic E-state index is 0. The van der Waals surface area contributed by atoms with Gasteiger partial charge in [-0.1, -0.05) is 0 Å². The second-order valence-corrected chi connectivity index (χ2v) is 0. The molecule has 0 aromatic heterocycles. The van der Waals surface area contributed by atoms with Crippen molar-refractivity contribution in [1.82, 2.24) is 0 Å². The summed E-state index contributed by atoms with van der Waals surface area (Å²) in [7, 11) is 0. The molecule has 9 heavy (non-hydrogen) atoms. The minimum absolute atomic E-state index is 0. The van der Waals surface area contributed by atoms with E-state index in [9.17, 15) is 0 Å². The molecular weight excluding hydrogens is 728 g/mol. The molecule has 0 aliphatic heterocycles. The summed E-state index contributed by atoms with van der Waals surface area (Å²) in [5.74, 6) is 0. The molecule has 2 radical (unpaired) electrons. The molecule has 0 N–H and O–H groups in total. The molecule has 0 saturated heterocycles. The maximum Gasteiger partial charge on any atom is 3.00 e. The Morgan fingerprint density at radius 3 is 0.444 bits per heavy atom. The molecule has 0 saturated carbocycles. The van der Waals surface area contributed by atoms with Crippen LogP contribution in [0.15, 0.2) is 0 Å². The predicted molar refractivity (Wildman–Crippen MR) is 19.1 cm³/mol. The first-order valence-electron chi connectivity index (χ1n) is 0. The van der Waals surface area contributed by atoms with Gasteiger partial charge in [0.15, 0.2) is 0 Å². The first-order chi connectivity index (χ1) is 0. The Labute approximate surface area is 212 Å². The monoisotopic (exact) mass is 731 g/mol. The number of hydrogen-bond donors (Lipinski definition) is 0. The normalized spacial score (nSPS) is 0. The summed E-state index contributed by atoms with van der Waals surface area (Å²) in [6.07, 6.45) is 0. The molecular formula is H4Ba2Cu2La2O3. The molecule has 0 rings (SSSR count). The van der Waals surface area contributed by atoms with Crippen LogP contribution >= 0.6 is 0 Å². The van der Waals surface area contributed by atoms with E-state index in [-0.39, 0.29) is 220 Å². The number of hydrogen-bond acceptors (Lipinski definition) is 0. The maximum atomic E-state index is 0. The van der Waals surface area contributed by atoms with E-state index in [0.717, 1.165) is 0 Å². The van der Waals surface area contributed by atoms with Crippen molar-refractivity contribution in [3.8, 4) is 0 Å². The van der Waals surface area contributed by atoms with Crippen molar-refractivity contribution in [2.75, 3.05) is 0 Å². The molecule has 54 valence electrons. The fourth-order valence-corrected chi connectivity index (χ4v) is 0. The Morgan fingerprint density at radius 2 is 0.444 bits per heavy atom. The van der Waals surface area contributed by atoms with E-state index in [1.807, 2.05) is 0 Å². The van der Waals surface area contributed by atoms with Crippen molar-refractivity contribution in [2.45, 2.75) is 0 Å². The van der Waals surface area contributed by atoms with Crippen molar-refractivity contribution >= 4 is 97.8 Å². The summed E-state index contributed by atoms with van der Waals surface area (Å²) < 4.78 is 0. The van der Waals surface area contributed by atoms with Crippen LogP contribution < -0.4 is 0 Å². The predicted octanol–water partition coefficient (Wildman–Crippen LogP) is -2.19. The zero-order valence-corrected chi connectivity index (χ0v) is 12.1. The van der Waals surface area contributed by atoms with Crippen LogP contribution in [0.5, 0.6) is 0 Å². The summed E-state index contributed by atoms with van der Waals surface area (Å²) in [6, 6.07) is 0. The van der Waals surface area contributed by atoms with Gasteiger partial charge in [-0.2, -0.15) is 0 Å². The molecule has 9 heteroatoms. The standard InChI is InChI=1S/2Ba.2Cu.2La.3O.4H/q;;;;2*+3;3*-2;;;;. The van der Waals surface area contributed by atoms with Crippen LogP contribution in [0.3, 0.4) is 0 Å². The van der Waals surface area contributed by atoms with Gasteiger partial charge in [0.1, 0.15) is 0 Å². The first-order valence-corrected chi connectivity index (χ1v) is 0. The third-order valence-electron chi connectivity index (χ3n) is 0. The van der Waals surface area contributed by atoms with Crippen LogP contribution in [0.2, 0.25) is 0 Å². The third-order valence-corrected chi connectivity index (χ3v) is 0. The summed E-state index contributed by atoms with van der Waals surface area (Å²) in [4.78, 5) is 0. The first kappa shape index (κ1) is 77.5. The Balaban J connectivity index is 0. The van der Waals surface area contributed by atoms with Gasteiger partial charge in [0, 0.05) is 34.1 Å². The largest absolute Gasteiger partial charge is 3.00 e. The van der Waals surface area contributed by atoms with Gasteiger partial charge in [0.05, 0.1) is 0 Å². The van der Waals surface area contributed by atoms with E-state index in [1.54, 1.807) is 0 Å². The average molecular weight is 732 g/mol. The molecule has 0 bridgehead atoms. The summed E-state index contributed by atoms with van der Waals surface area (Å²) in [6.45, 7) is 0. The van der Waals surface area contributed by atoms with Crippen LogP contribution in [0.1, 0.15) is 0 Å². The topological polar surface area (TPSA) is 85.5 Å². The van der Waals surface area contributed by atoms with E-state index >= 15 is 0 Å². The van der Waals surface area contributed by atoms with Crippen molar-refractivity contribution in [3.63, 3.8) is 0 Å². The van der Waals surface area contributed by atoms with Gasteiger partial charge in [-0.3, -0.25) is 0 Å². The van der Waals surface area contributed by atoms with Crippen LogP contribution in [0, 0.1) is 71.2 Å². The zero-order chi connectivity index (χ0) is 0. The quantitative estimate of drug-likeness (QED) is 0.254. The van der Waals surface area contributed by atoms with Crippen LogP contribution in [-0.4, -0.2) is 97.8 Å². The van der Waals surface area contributed by atoms with E-state index in [4.69, 9.17) is 0 Å². The van der Waals surface area contributed by atoms with Crippen molar-refractivity contribution in [3.05, 3.63) is 0 Å². The van der Waals surface area contributed by atoms with Gasteiger partial charge < -0.3 is 16.4 Å². The minimum atomic E-state index is 0. The van der Waals surface area contributed by atoms with Gasteiger partial charge in [-0.05, 0) is 0 Å². The van der Waals surface area contributed by atoms with Gasteiger partial charge in [-0.25, -0.2) is 0 Å². The molecule has 0 fully saturated rings. The SMILES string of the molecule is [BaH2].[BaH2].[Cu].[Cu].[La+3].[La+3].[O-2].[O-2].[O-2]. The van der Waals surface area contributed by atoms with Crippen molar-refractivity contribution in [2.24, 2.45) is 0 Å². The van der Waals surface area contributed by atoms with Crippen LogP contribution in [0.4, 0.5) is 0 Å². The van der Waals surface area contributed by atoms with E-state index in [0.29, 0.717) is 0 Å². The van der Waals surface area contributed by atoms with Crippen LogP contribution in [-0.2, 0) is 50.6 Å². The van der Waals surface area contributed by atoms with Crippen molar-refractivity contribution in [1.29, 1.82) is 0 Å². The van der Waals surface area contributed by atoms with E-state index in [1.165, 1.54) is 0 Å². The van der Waals surface area contributed by atoms with Crippen molar-refractivity contribution < 1.29 is 122 Å². The molecule has 0 aromatic rings. The Hall–Kier alpha value is 6.45. The molecule has 0 aliphatic carbocycles. The zero-order valence-electron chi connectivity index (χ0n) is 2.98. The average Bonchev–Trinajstić information content (AvgIpc) is 0. The van der Waals surface area contributed by atoms with Crippen LogP contribution in [0.25, 0.3) is 0 Å². The fourth-order valence-electron chi connectivity index (χ4n) is 0. The second-order valence-electron chi connectivity index (χ2n) is 0. The smallest absolute Gasteiger partial charge is 2.00 e. The van der Waals surface area contributed by atoms with Gasteiger partial charge in [-0.15, -0.1) is 0 Å². The minimum Gasteiger partial charge on any atom is -2.00 e. The fraction of sp³-hybridized carbons (Fsp3) is 0. The van der Waals surface area contributed by atoms with Gasteiger partial charge in [0.25, 0.3) is 0 Å². The molecule has 0 aliphatic rings. The molecule has 0 aromatic carbocycles. The van der Waals surface area contributed by atoms with Gasteiger partial charge >= 0.3 is 169 Å². The Morgan fingerprint density at radius 1 is 0.444 bits per heavy atom. The summed E-state index contributed by atoms with van der Waals surface area (Å²) in [5.41, 5.74) is 0. The molecule has 0 spiro atoms. The Kier molecular flexibility index (Phi) is 541. The molecule has 0 heterocycles. The number of rotatable bonds is 0. The summed E-state index contributed by atoms with van der Waals surface area (Å²) in [5, 5.41) is 0. The van der Waals surface area contributed by atoms with E-state index < -0.39 is 0 Å². The van der Waals surface area contributed by atoms with Gasteiger partial charge in [0.2, 0.25) is 0 Å². The molecule has 0 unspecified atom stereocenters. The van der Waals surface area contributed by atoms with E-state index in [2.05, 4.69) is 0 Å². The molecule has 3 nitrogen and oxygen atoms in total. The Bertz CT molecular complexity index is 17.8. The molecule has 0 atom stereocenters. The molecule has 0 amide bonds. The third kappa shape index (κ3) is 53.8. The summed E-state index contributed by atoms with van der Waals surface area (Å²) >= 11 is 0.